The number of ether oxygens (including phenoxy) is 2. The van der Waals surface area contributed by atoms with E-state index in [0.29, 0.717) is 16.4 Å². The van der Waals surface area contributed by atoms with Crippen LogP contribution in [0.4, 0.5) is 0 Å². The predicted molar refractivity (Wildman–Crippen MR) is 69.3 cm³/mol. The van der Waals surface area contributed by atoms with Crippen molar-refractivity contribution < 1.29 is 13.7 Å². The molecule has 0 aromatic heterocycles. The second-order valence-electron chi connectivity index (χ2n) is 3.37. The van der Waals surface area contributed by atoms with E-state index >= 15 is 0 Å². The van der Waals surface area contributed by atoms with Gasteiger partial charge < -0.3 is 9.47 Å². The highest BCUT2D eigenvalue weighted by Gasteiger charge is 2.14. The van der Waals surface area contributed by atoms with Gasteiger partial charge in [0.05, 0.1) is 19.1 Å². The first kappa shape index (κ1) is 12.2. The minimum Gasteiger partial charge on any atom is -0.496 e. The Morgan fingerprint density at radius 1 is 1.06 bits per heavy atom. The molecular formula is C12H11ClO3S. The van der Waals surface area contributed by atoms with E-state index in [-0.39, 0.29) is 0 Å². The lowest BCUT2D eigenvalue weighted by molar-refractivity contribution is 0.414. The molecular weight excluding hydrogens is 260 g/mol. The number of benzene rings is 2. The van der Waals surface area contributed by atoms with E-state index in [1.54, 1.807) is 32.4 Å². The smallest absolute Gasteiger partial charge is 0.148 e. The number of halogens is 1. The van der Waals surface area contributed by atoms with Gasteiger partial charge in [-0.2, -0.15) is 0 Å². The van der Waals surface area contributed by atoms with E-state index in [2.05, 4.69) is 0 Å². The molecule has 0 spiro atoms. The Hall–Kier alpha value is -1.26. The highest BCUT2D eigenvalue weighted by molar-refractivity contribution is 8.08. The van der Waals surface area contributed by atoms with Crippen LogP contribution in [0.2, 0.25) is 0 Å². The third-order valence-electron chi connectivity index (χ3n) is 2.54. The number of rotatable bonds is 3. The van der Waals surface area contributed by atoms with Gasteiger partial charge in [-0.15, -0.1) is 0 Å². The lowest BCUT2D eigenvalue weighted by Gasteiger charge is -2.11. The zero-order chi connectivity index (χ0) is 12.4. The van der Waals surface area contributed by atoms with Gasteiger partial charge in [0, 0.05) is 10.8 Å². The Bertz CT molecular complexity index is 583. The molecule has 2 rings (SSSR count). The van der Waals surface area contributed by atoms with Crippen molar-refractivity contribution >= 4 is 31.5 Å². The summed E-state index contributed by atoms with van der Waals surface area (Å²) in [6.45, 7) is 0. The van der Waals surface area contributed by atoms with Crippen molar-refractivity contribution in [1.29, 1.82) is 0 Å². The minimum absolute atomic E-state index is 0.528. The number of hydrogen-bond acceptors (Lipinski definition) is 3. The number of methoxy groups -OCH3 is 2. The summed E-state index contributed by atoms with van der Waals surface area (Å²) in [5.74, 6) is 1.33. The Labute approximate surface area is 106 Å². The molecule has 2 aromatic carbocycles. The van der Waals surface area contributed by atoms with Crippen LogP contribution in [0.15, 0.2) is 35.2 Å². The van der Waals surface area contributed by atoms with Gasteiger partial charge in [0.15, 0.2) is 0 Å². The molecule has 1 unspecified atom stereocenters. The summed E-state index contributed by atoms with van der Waals surface area (Å²) >= 11 is 0. The molecule has 1 atom stereocenters. The monoisotopic (exact) mass is 270 g/mol. The molecule has 0 aliphatic heterocycles. The van der Waals surface area contributed by atoms with Crippen molar-refractivity contribution in [2.24, 2.45) is 0 Å². The Kier molecular flexibility index (Phi) is 3.54. The molecule has 5 heteroatoms. The molecule has 0 amide bonds. The molecule has 90 valence electrons. The van der Waals surface area contributed by atoms with E-state index in [4.69, 9.17) is 20.2 Å². The van der Waals surface area contributed by atoms with Gasteiger partial charge in [0.2, 0.25) is 0 Å². The van der Waals surface area contributed by atoms with Crippen LogP contribution in [-0.2, 0) is 10.0 Å². The summed E-state index contributed by atoms with van der Waals surface area (Å²) < 4.78 is 22.0. The normalized spacial score (nSPS) is 12.4. The fourth-order valence-corrected chi connectivity index (χ4v) is 2.73. The van der Waals surface area contributed by atoms with Crippen molar-refractivity contribution in [3.8, 4) is 11.5 Å². The molecule has 0 radical (unpaired) electrons. The van der Waals surface area contributed by atoms with Gasteiger partial charge in [0.1, 0.15) is 21.5 Å². The summed E-state index contributed by atoms with van der Waals surface area (Å²) in [4.78, 5) is 0.528. The SMILES string of the molecule is COc1ccc(S(=O)Cl)c2c(OC)cccc12. The zero-order valence-corrected chi connectivity index (χ0v) is 11.0. The molecule has 0 aliphatic carbocycles. The van der Waals surface area contributed by atoms with Crippen LogP contribution in [0.1, 0.15) is 0 Å². The van der Waals surface area contributed by atoms with Gasteiger partial charge in [-0.25, -0.2) is 4.21 Å². The van der Waals surface area contributed by atoms with Gasteiger partial charge in [-0.1, -0.05) is 12.1 Å². The quantitative estimate of drug-likeness (QED) is 0.804. The van der Waals surface area contributed by atoms with E-state index < -0.39 is 10.0 Å². The molecule has 17 heavy (non-hydrogen) atoms. The third-order valence-corrected chi connectivity index (χ3v) is 3.72. The molecule has 0 aliphatic rings. The minimum atomic E-state index is -1.59. The molecule has 0 saturated heterocycles. The van der Waals surface area contributed by atoms with E-state index in [1.165, 1.54) is 0 Å². The fourth-order valence-electron chi connectivity index (χ4n) is 1.80. The maximum absolute atomic E-state index is 11.5. The Morgan fingerprint density at radius 2 is 1.76 bits per heavy atom. The van der Waals surface area contributed by atoms with Crippen LogP contribution in [-0.4, -0.2) is 18.4 Å². The van der Waals surface area contributed by atoms with Gasteiger partial charge in [-0.05, 0) is 28.9 Å². The summed E-state index contributed by atoms with van der Waals surface area (Å²) in [6, 6.07) is 8.97. The van der Waals surface area contributed by atoms with Gasteiger partial charge in [0.25, 0.3) is 0 Å². The van der Waals surface area contributed by atoms with Crippen LogP contribution in [0.5, 0.6) is 11.5 Å². The Morgan fingerprint density at radius 3 is 2.35 bits per heavy atom. The average molecular weight is 271 g/mol. The highest BCUT2D eigenvalue weighted by Crippen LogP contribution is 2.36. The molecule has 0 fully saturated rings. The fraction of sp³-hybridized carbons (Fsp3) is 0.167. The summed E-state index contributed by atoms with van der Waals surface area (Å²) in [7, 11) is 7.25. The van der Waals surface area contributed by atoms with Gasteiger partial charge in [-0.3, -0.25) is 0 Å². The summed E-state index contributed by atoms with van der Waals surface area (Å²) in [6.07, 6.45) is 0. The van der Waals surface area contributed by atoms with Crippen LogP contribution in [0.25, 0.3) is 10.8 Å². The largest absolute Gasteiger partial charge is 0.496 e. The Balaban J connectivity index is 2.90. The first-order chi connectivity index (χ1) is 8.19. The average Bonchev–Trinajstić information content (AvgIpc) is 2.36. The van der Waals surface area contributed by atoms with Crippen molar-refractivity contribution in [2.45, 2.75) is 4.90 Å². The molecule has 0 bridgehead atoms. The standard InChI is InChI=1S/C12H11ClO3S/c1-15-9-6-7-11(17(13)14)12-8(9)4-3-5-10(12)16-2/h3-7H,1-2H3. The van der Waals surface area contributed by atoms with Crippen molar-refractivity contribution in [3.63, 3.8) is 0 Å². The summed E-state index contributed by atoms with van der Waals surface area (Å²) in [5, 5.41) is 1.56. The maximum atomic E-state index is 11.5. The lowest BCUT2D eigenvalue weighted by atomic mass is 10.1. The van der Waals surface area contributed by atoms with Crippen LogP contribution in [0, 0.1) is 0 Å². The van der Waals surface area contributed by atoms with E-state index in [9.17, 15) is 4.21 Å². The maximum Gasteiger partial charge on any atom is 0.148 e. The van der Waals surface area contributed by atoms with Crippen molar-refractivity contribution in [2.75, 3.05) is 14.2 Å². The van der Waals surface area contributed by atoms with Gasteiger partial charge >= 0.3 is 0 Å². The zero-order valence-electron chi connectivity index (χ0n) is 9.40. The molecule has 0 N–H and O–H groups in total. The first-order valence-electron chi connectivity index (χ1n) is 4.90. The summed E-state index contributed by atoms with van der Waals surface area (Å²) in [5.41, 5.74) is 0. The predicted octanol–water partition coefficient (Wildman–Crippen LogP) is 3.12. The lowest BCUT2D eigenvalue weighted by Crippen LogP contribution is -1.93. The van der Waals surface area contributed by atoms with E-state index in [0.717, 1.165) is 10.8 Å². The molecule has 2 aromatic rings. The van der Waals surface area contributed by atoms with Crippen LogP contribution < -0.4 is 9.47 Å². The highest BCUT2D eigenvalue weighted by atomic mass is 35.7. The van der Waals surface area contributed by atoms with Crippen LogP contribution >= 0.6 is 10.7 Å². The van der Waals surface area contributed by atoms with E-state index in [1.807, 2.05) is 12.1 Å². The number of hydrogen-bond donors (Lipinski definition) is 0. The van der Waals surface area contributed by atoms with Crippen molar-refractivity contribution in [1.82, 2.24) is 0 Å². The molecule has 3 nitrogen and oxygen atoms in total. The topological polar surface area (TPSA) is 35.5 Å². The second-order valence-corrected chi connectivity index (χ2v) is 5.10. The third kappa shape index (κ3) is 2.10. The molecule has 0 heterocycles. The second kappa shape index (κ2) is 4.94. The van der Waals surface area contributed by atoms with Crippen LogP contribution in [0.3, 0.4) is 0 Å². The van der Waals surface area contributed by atoms with Crippen molar-refractivity contribution in [3.05, 3.63) is 30.3 Å². The number of fused-ring (bicyclic) bond motifs is 1. The molecule has 0 saturated carbocycles. The first-order valence-corrected chi connectivity index (χ1v) is 6.88.